The third-order valence-electron chi connectivity index (χ3n) is 5.16. The first kappa shape index (κ1) is 19.3. The molecule has 152 valence electrons. The fourth-order valence-electron chi connectivity index (χ4n) is 3.55. The maximum absolute atomic E-state index is 13.4. The summed E-state index contributed by atoms with van der Waals surface area (Å²) in [6.07, 6.45) is 4.24. The second-order valence-corrected chi connectivity index (χ2v) is 7.18. The summed E-state index contributed by atoms with van der Waals surface area (Å²) in [5, 5.41) is 7.28. The predicted molar refractivity (Wildman–Crippen MR) is 103 cm³/mol. The van der Waals surface area contributed by atoms with E-state index in [4.69, 9.17) is 4.52 Å². The first-order valence-corrected chi connectivity index (χ1v) is 9.59. The van der Waals surface area contributed by atoms with Gasteiger partial charge in [-0.25, -0.2) is 9.37 Å². The molecule has 1 amide bonds. The Kier molecular flexibility index (Phi) is 5.39. The Morgan fingerprint density at radius 3 is 3.03 bits per heavy atom. The zero-order valence-electron chi connectivity index (χ0n) is 16.4. The van der Waals surface area contributed by atoms with Gasteiger partial charge < -0.3 is 19.3 Å². The molecule has 1 N–H and O–H groups in total. The lowest BCUT2D eigenvalue weighted by Gasteiger charge is -2.35. The van der Waals surface area contributed by atoms with Crippen molar-refractivity contribution in [2.45, 2.75) is 25.8 Å². The molecule has 1 aromatic carbocycles. The van der Waals surface area contributed by atoms with E-state index in [1.165, 1.54) is 6.07 Å². The molecular formula is C20H23FN6O2. The average molecular weight is 398 g/mol. The SMILES string of the molecule is Cc1cc(-c2noc(CCC(=O)N3CCNCC3c3nccn3C)n2)ccc1F. The van der Waals surface area contributed by atoms with Gasteiger partial charge in [0.1, 0.15) is 17.7 Å². The van der Waals surface area contributed by atoms with E-state index < -0.39 is 0 Å². The first-order chi connectivity index (χ1) is 14.0. The van der Waals surface area contributed by atoms with Crippen LogP contribution in [0.5, 0.6) is 0 Å². The number of carbonyl (C=O) groups excluding carboxylic acids is 1. The minimum Gasteiger partial charge on any atom is -0.339 e. The van der Waals surface area contributed by atoms with Crippen LogP contribution in [0, 0.1) is 12.7 Å². The van der Waals surface area contributed by atoms with Gasteiger partial charge in [0.05, 0.1) is 0 Å². The standard InChI is InChI=1S/C20H23FN6O2/c1-13-11-14(3-4-15(13)21)19-24-17(29-25-19)5-6-18(28)27-10-7-22-12-16(27)20-23-8-9-26(20)2/h3-4,8-9,11,16,22H,5-7,10,12H2,1-2H3. The lowest BCUT2D eigenvalue weighted by Crippen LogP contribution is -2.49. The van der Waals surface area contributed by atoms with Crippen molar-refractivity contribution in [3.05, 3.63) is 53.7 Å². The van der Waals surface area contributed by atoms with E-state index in [1.807, 2.05) is 22.7 Å². The lowest BCUT2D eigenvalue weighted by molar-refractivity contribution is -0.134. The smallest absolute Gasteiger partial charge is 0.227 e. The molecule has 0 radical (unpaired) electrons. The third kappa shape index (κ3) is 4.04. The van der Waals surface area contributed by atoms with Crippen molar-refractivity contribution in [2.75, 3.05) is 19.6 Å². The molecule has 4 rings (SSSR count). The van der Waals surface area contributed by atoms with Crippen LogP contribution in [0.3, 0.4) is 0 Å². The van der Waals surface area contributed by atoms with Gasteiger partial charge in [0.2, 0.25) is 17.6 Å². The Morgan fingerprint density at radius 2 is 2.28 bits per heavy atom. The Bertz CT molecular complexity index is 1010. The highest BCUT2D eigenvalue weighted by molar-refractivity contribution is 5.77. The number of nitrogens with zero attached hydrogens (tertiary/aromatic N) is 5. The van der Waals surface area contributed by atoms with Gasteiger partial charge in [0, 0.05) is 57.5 Å². The van der Waals surface area contributed by atoms with E-state index >= 15 is 0 Å². The van der Waals surface area contributed by atoms with Gasteiger partial charge in [-0.3, -0.25) is 4.79 Å². The van der Waals surface area contributed by atoms with Crippen LogP contribution in [0.15, 0.2) is 35.1 Å². The number of hydrogen-bond acceptors (Lipinski definition) is 6. The molecule has 0 saturated carbocycles. The summed E-state index contributed by atoms with van der Waals surface area (Å²) in [6.45, 7) is 3.73. The summed E-state index contributed by atoms with van der Waals surface area (Å²) < 4.78 is 20.7. The molecule has 0 aliphatic carbocycles. The largest absolute Gasteiger partial charge is 0.339 e. The number of amides is 1. The number of aromatic nitrogens is 4. The minimum atomic E-state index is -0.277. The molecule has 0 bridgehead atoms. The zero-order valence-corrected chi connectivity index (χ0v) is 16.4. The van der Waals surface area contributed by atoms with Crippen LogP contribution >= 0.6 is 0 Å². The van der Waals surface area contributed by atoms with Crippen molar-refractivity contribution in [1.29, 1.82) is 0 Å². The van der Waals surface area contributed by atoms with Crippen molar-refractivity contribution in [3.8, 4) is 11.4 Å². The van der Waals surface area contributed by atoms with Gasteiger partial charge in [-0.1, -0.05) is 5.16 Å². The number of hydrogen-bond donors (Lipinski definition) is 1. The Hall–Kier alpha value is -3.07. The average Bonchev–Trinajstić information content (AvgIpc) is 3.37. The Balaban J connectivity index is 1.42. The highest BCUT2D eigenvalue weighted by Gasteiger charge is 2.30. The van der Waals surface area contributed by atoms with Gasteiger partial charge in [-0.15, -0.1) is 0 Å². The summed E-state index contributed by atoms with van der Waals surface area (Å²) in [5.74, 6) is 1.39. The lowest BCUT2D eigenvalue weighted by atomic mass is 10.1. The minimum absolute atomic E-state index is 0.0249. The van der Waals surface area contributed by atoms with E-state index in [2.05, 4.69) is 20.4 Å². The van der Waals surface area contributed by atoms with Crippen molar-refractivity contribution >= 4 is 5.91 Å². The van der Waals surface area contributed by atoms with E-state index in [1.54, 1.807) is 25.3 Å². The normalized spacial score (nSPS) is 16.9. The fraction of sp³-hybridized carbons (Fsp3) is 0.400. The maximum Gasteiger partial charge on any atom is 0.227 e. The van der Waals surface area contributed by atoms with Crippen LogP contribution in [0.25, 0.3) is 11.4 Å². The van der Waals surface area contributed by atoms with Crippen molar-refractivity contribution in [3.63, 3.8) is 0 Å². The highest BCUT2D eigenvalue weighted by Crippen LogP contribution is 2.23. The number of halogens is 1. The number of nitrogens with one attached hydrogen (secondary N) is 1. The van der Waals surface area contributed by atoms with Crippen molar-refractivity contribution < 1.29 is 13.7 Å². The second-order valence-electron chi connectivity index (χ2n) is 7.18. The van der Waals surface area contributed by atoms with E-state index in [-0.39, 0.29) is 24.2 Å². The van der Waals surface area contributed by atoms with E-state index in [0.29, 0.717) is 42.4 Å². The molecule has 1 atom stereocenters. The molecule has 29 heavy (non-hydrogen) atoms. The van der Waals surface area contributed by atoms with Crippen molar-refractivity contribution in [1.82, 2.24) is 29.9 Å². The molecular weight excluding hydrogens is 375 g/mol. The van der Waals surface area contributed by atoms with Gasteiger partial charge in [0.15, 0.2) is 0 Å². The molecule has 2 aromatic heterocycles. The van der Waals surface area contributed by atoms with Crippen LogP contribution in [-0.2, 0) is 18.3 Å². The van der Waals surface area contributed by atoms with Crippen LogP contribution in [0.1, 0.15) is 29.7 Å². The van der Waals surface area contributed by atoms with Crippen LogP contribution < -0.4 is 5.32 Å². The molecule has 1 saturated heterocycles. The fourth-order valence-corrected chi connectivity index (χ4v) is 3.55. The summed E-state index contributed by atoms with van der Waals surface area (Å²) in [5.41, 5.74) is 1.20. The molecule has 1 unspecified atom stereocenters. The number of benzene rings is 1. The third-order valence-corrected chi connectivity index (χ3v) is 5.16. The zero-order chi connectivity index (χ0) is 20.4. The van der Waals surface area contributed by atoms with Gasteiger partial charge >= 0.3 is 0 Å². The van der Waals surface area contributed by atoms with E-state index in [9.17, 15) is 9.18 Å². The van der Waals surface area contributed by atoms with Gasteiger partial charge in [0.25, 0.3) is 0 Å². The van der Waals surface area contributed by atoms with Crippen LogP contribution in [0.4, 0.5) is 4.39 Å². The molecule has 1 aliphatic rings. The molecule has 1 aliphatic heterocycles. The Morgan fingerprint density at radius 1 is 1.41 bits per heavy atom. The monoisotopic (exact) mass is 398 g/mol. The molecule has 0 spiro atoms. The summed E-state index contributed by atoms with van der Waals surface area (Å²) in [4.78, 5) is 23.5. The number of piperazine rings is 1. The Labute approximate surface area is 167 Å². The molecule has 8 nitrogen and oxygen atoms in total. The quantitative estimate of drug-likeness (QED) is 0.707. The molecule has 3 aromatic rings. The predicted octanol–water partition coefficient (Wildman–Crippen LogP) is 2.02. The van der Waals surface area contributed by atoms with E-state index in [0.717, 1.165) is 12.4 Å². The summed E-state index contributed by atoms with van der Waals surface area (Å²) in [6, 6.07) is 4.57. The van der Waals surface area contributed by atoms with Crippen molar-refractivity contribution in [2.24, 2.45) is 7.05 Å². The molecule has 1 fully saturated rings. The number of imidazole rings is 1. The van der Waals surface area contributed by atoms with Crippen LogP contribution in [0.2, 0.25) is 0 Å². The number of carbonyl (C=O) groups is 1. The summed E-state index contributed by atoms with van der Waals surface area (Å²) in [7, 11) is 1.93. The summed E-state index contributed by atoms with van der Waals surface area (Å²) >= 11 is 0. The first-order valence-electron chi connectivity index (χ1n) is 9.59. The highest BCUT2D eigenvalue weighted by atomic mass is 19.1. The molecule has 3 heterocycles. The topological polar surface area (TPSA) is 89.1 Å². The number of aryl methyl sites for hydroxylation is 3. The molecule has 9 heteroatoms. The second kappa shape index (κ2) is 8.12. The van der Waals surface area contributed by atoms with Crippen LogP contribution in [-0.4, -0.2) is 50.1 Å². The van der Waals surface area contributed by atoms with Gasteiger partial charge in [-0.05, 0) is 30.7 Å². The number of rotatable bonds is 5. The van der Waals surface area contributed by atoms with Gasteiger partial charge in [-0.2, -0.15) is 4.98 Å². The maximum atomic E-state index is 13.4.